The van der Waals surface area contributed by atoms with E-state index in [0.29, 0.717) is 15.6 Å². The maximum absolute atomic E-state index is 11.8. The number of amides is 1. The normalized spacial score (nSPS) is 10.1. The second-order valence-corrected chi connectivity index (χ2v) is 4.76. The molecule has 1 aromatic carbocycles. The van der Waals surface area contributed by atoms with E-state index in [0.717, 1.165) is 0 Å². The first-order valence-electron chi connectivity index (χ1n) is 4.95. The highest BCUT2D eigenvalue weighted by atomic mass is 35.5. The van der Waals surface area contributed by atoms with Gasteiger partial charge in [0.2, 0.25) is 0 Å². The SMILES string of the molecule is O=C(O)c1cccc(NC(=O)c2sccc2Cl)c1. The summed E-state index contributed by atoms with van der Waals surface area (Å²) >= 11 is 7.07. The summed E-state index contributed by atoms with van der Waals surface area (Å²) in [6, 6.07) is 7.66. The zero-order chi connectivity index (χ0) is 13.1. The van der Waals surface area contributed by atoms with Crippen molar-refractivity contribution in [2.24, 2.45) is 0 Å². The van der Waals surface area contributed by atoms with Gasteiger partial charge in [-0.05, 0) is 29.6 Å². The van der Waals surface area contributed by atoms with E-state index in [-0.39, 0.29) is 11.5 Å². The fourth-order valence-corrected chi connectivity index (χ4v) is 2.41. The van der Waals surface area contributed by atoms with Crippen LogP contribution in [-0.2, 0) is 0 Å². The van der Waals surface area contributed by atoms with Gasteiger partial charge in [-0.15, -0.1) is 11.3 Å². The van der Waals surface area contributed by atoms with Gasteiger partial charge in [-0.3, -0.25) is 4.79 Å². The third kappa shape index (κ3) is 2.69. The van der Waals surface area contributed by atoms with Crippen molar-refractivity contribution in [3.63, 3.8) is 0 Å². The zero-order valence-corrected chi connectivity index (χ0v) is 10.6. The van der Waals surface area contributed by atoms with E-state index in [1.165, 1.54) is 23.5 Å². The number of carboxylic acid groups (broad SMARTS) is 1. The molecular formula is C12H8ClNO3S. The predicted octanol–water partition coefficient (Wildman–Crippen LogP) is 3.35. The molecule has 0 aliphatic rings. The minimum absolute atomic E-state index is 0.116. The molecule has 4 nitrogen and oxygen atoms in total. The van der Waals surface area contributed by atoms with Gasteiger partial charge in [-0.2, -0.15) is 0 Å². The molecule has 0 bridgehead atoms. The van der Waals surface area contributed by atoms with Gasteiger partial charge >= 0.3 is 5.97 Å². The Hall–Kier alpha value is -1.85. The smallest absolute Gasteiger partial charge is 0.335 e. The maximum Gasteiger partial charge on any atom is 0.335 e. The Morgan fingerprint density at radius 2 is 2.06 bits per heavy atom. The van der Waals surface area contributed by atoms with Crippen LogP contribution in [0.1, 0.15) is 20.0 Å². The lowest BCUT2D eigenvalue weighted by molar-refractivity contribution is 0.0696. The van der Waals surface area contributed by atoms with Crippen molar-refractivity contribution in [2.75, 3.05) is 5.32 Å². The fourth-order valence-electron chi connectivity index (χ4n) is 1.37. The lowest BCUT2D eigenvalue weighted by Crippen LogP contribution is -2.11. The number of thiophene rings is 1. The van der Waals surface area contributed by atoms with E-state index < -0.39 is 5.97 Å². The van der Waals surface area contributed by atoms with Crippen LogP contribution in [0.25, 0.3) is 0 Å². The Morgan fingerprint density at radius 3 is 2.67 bits per heavy atom. The van der Waals surface area contributed by atoms with Crippen LogP contribution >= 0.6 is 22.9 Å². The van der Waals surface area contributed by atoms with Crippen LogP contribution in [0.5, 0.6) is 0 Å². The van der Waals surface area contributed by atoms with Crippen molar-refractivity contribution in [3.8, 4) is 0 Å². The van der Waals surface area contributed by atoms with Gasteiger partial charge in [0.25, 0.3) is 5.91 Å². The fraction of sp³-hybridized carbons (Fsp3) is 0. The third-order valence-corrected chi connectivity index (χ3v) is 3.53. The predicted molar refractivity (Wildman–Crippen MR) is 70.7 cm³/mol. The van der Waals surface area contributed by atoms with Gasteiger partial charge in [-0.25, -0.2) is 4.79 Å². The summed E-state index contributed by atoms with van der Waals surface area (Å²) in [4.78, 5) is 23.0. The largest absolute Gasteiger partial charge is 0.478 e. The van der Waals surface area contributed by atoms with Crippen molar-refractivity contribution in [2.45, 2.75) is 0 Å². The molecule has 0 unspecified atom stereocenters. The summed E-state index contributed by atoms with van der Waals surface area (Å²) in [7, 11) is 0. The van der Waals surface area contributed by atoms with Gasteiger partial charge in [0.15, 0.2) is 0 Å². The number of carbonyl (C=O) groups is 2. The molecule has 1 amide bonds. The first-order valence-corrected chi connectivity index (χ1v) is 6.21. The van der Waals surface area contributed by atoms with Crippen molar-refractivity contribution in [3.05, 3.63) is 51.2 Å². The second-order valence-electron chi connectivity index (χ2n) is 3.44. The molecule has 0 spiro atoms. The molecule has 18 heavy (non-hydrogen) atoms. The highest BCUT2D eigenvalue weighted by molar-refractivity contribution is 7.12. The van der Waals surface area contributed by atoms with Crippen molar-refractivity contribution in [1.29, 1.82) is 0 Å². The lowest BCUT2D eigenvalue weighted by atomic mass is 10.2. The summed E-state index contributed by atoms with van der Waals surface area (Å²) in [6.45, 7) is 0. The zero-order valence-electron chi connectivity index (χ0n) is 9.01. The minimum atomic E-state index is -1.04. The quantitative estimate of drug-likeness (QED) is 0.906. The Kier molecular flexibility index (Phi) is 3.64. The van der Waals surface area contributed by atoms with Crippen LogP contribution in [0, 0.1) is 0 Å². The Bertz CT molecular complexity index is 609. The number of rotatable bonds is 3. The van der Waals surface area contributed by atoms with Crippen LogP contribution in [-0.4, -0.2) is 17.0 Å². The highest BCUT2D eigenvalue weighted by Crippen LogP contribution is 2.23. The van der Waals surface area contributed by atoms with E-state index in [2.05, 4.69) is 5.32 Å². The Morgan fingerprint density at radius 1 is 1.28 bits per heavy atom. The molecule has 2 rings (SSSR count). The molecule has 92 valence electrons. The first kappa shape index (κ1) is 12.6. The molecule has 0 aliphatic carbocycles. The molecule has 2 aromatic rings. The minimum Gasteiger partial charge on any atom is -0.478 e. The van der Waals surface area contributed by atoms with Crippen molar-refractivity contribution < 1.29 is 14.7 Å². The average Bonchev–Trinajstić information content (AvgIpc) is 2.76. The van der Waals surface area contributed by atoms with E-state index in [4.69, 9.17) is 16.7 Å². The maximum atomic E-state index is 11.8. The summed E-state index contributed by atoms with van der Waals surface area (Å²) in [5, 5.41) is 13.5. The van der Waals surface area contributed by atoms with Crippen LogP contribution in [0.2, 0.25) is 5.02 Å². The monoisotopic (exact) mass is 281 g/mol. The molecule has 1 heterocycles. The highest BCUT2D eigenvalue weighted by Gasteiger charge is 2.12. The van der Waals surface area contributed by atoms with Gasteiger partial charge < -0.3 is 10.4 Å². The van der Waals surface area contributed by atoms with E-state index in [1.807, 2.05) is 0 Å². The lowest BCUT2D eigenvalue weighted by Gasteiger charge is -2.04. The van der Waals surface area contributed by atoms with E-state index in [1.54, 1.807) is 23.6 Å². The van der Waals surface area contributed by atoms with Crippen LogP contribution in [0.3, 0.4) is 0 Å². The number of carboxylic acids is 1. The Balaban J connectivity index is 2.20. The number of hydrogen-bond donors (Lipinski definition) is 2. The second kappa shape index (κ2) is 5.20. The summed E-state index contributed by atoms with van der Waals surface area (Å²) < 4.78 is 0. The summed E-state index contributed by atoms with van der Waals surface area (Å²) in [5.74, 6) is -1.39. The molecule has 6 heteroatoms. The number of halogens is 1. The van der Waals surface area contributed by atoms with E-state index >= 15 is 0 Å². The standard InChI is InChI=1S/C12H8ClNO3S/c13-9-4-5-18-10(9)11(15)14-8-3-1-2-7(6-8)12(16)17/h1-6H,(H,14,15)(H,16,17). The molecule has 1 aromatic heterocycles. The summed E-state index contributed by atoms with van der Waals surface area (Å²) in [6.07, 6.45) is 0. The molecule has 0 saturated carbocycles. The average molecular weight is 282 g/mol. The number of nitrogens with one attached hydrogen (secondary N) is 1. The van der Waals surface area contributed by atoms with E-state index in [9.17, 15) is 9.59 Å². The molecule has 0 fully saturated rings. The Labute approximate surface area is 112 Å². The van der Waals surface area contributed by atoms with Crippen molar-refractivity contribution >= 4 is 40.5 Å². The topological polar surface area (TPSA) is 66.4 Å². The number of benzene rings is 1. The van der Waals surface area contributed by atoms with Gasteiger partial charge in [-0.1, -0.05) is 17.7 Å². The molecule has 0 radical (unpaired) electrons. The molecule has 0 atom stereocenters. The van der Waals surface area contributed by atoms with Gasteiger partial charge in [0.1, 0.15) is 4.88 Å². The van der Waals surface area contributed by atoms with Gasteiger partial charge in [0, 0.05) is 5.69 Å². The molecular weight excluding hydrogens is 274 g/mol. The number of aromatic carboxylic acids is 1. The first-order chi connectivity index (χ1) is 8.58. The van der Waals surface area contributed by atoms with Crippen LogP contribution in [0.4, 0.5) is 5.69 Å². The molecule has 2 N–H and O–H groups in total. The third-order valence-electron chi connectivity index (χ3n) is 2.19. The van der Waals surface area contributed by atoms with Crippen molar-refractivity contribution in [1.82, 2.24) is 0 Å². The summed E-state index contributed by atoms with van der Waals surface area (Å²) in [5.41, 5.74) is 0.537. The molecule has 0 aliphatic heterocycles. The number of hydrogen-bond acceptors (Lipinski definition) is 3. The molecule has 0 saturated heterocycles. The van der Waals surface area contributed by atoms with Gasteiger partial charge in [0.05, 0.1) is 10.6 Å². The van der Waals surface area contributed by atoms with Crippen LogP contribution < -0.4 is 5.32 Å². The number of carbonyl (C=O) groups excluding carboxylic acids is 1. The number of anilines is 1. The van der Waals surface area contributed by atoms with Crippen LogP contribution in [0.15, 0.2) is 35.7 Å².